The van der Waals surface area contributed by atoms with Gasteiger partial charge in [0.1, 0.15) is 0 Å². The topological polar surface area (TPSA) is 29.3 Å². The van der Waals surface area contributed by atoms with Crippen LogP contribution in [-0.4, -0.2) is 13.1 Å². The van der Waals surface area contributed by atoms with Gasteiger partial charge in [0.15, 0.2) is 0 Å². The van der Waals surface area contributed by atoms with E-state index in [4.69, 9.17) is 5.73 Å². The monoisotopic (exact) mass is 352 g/mol. The molecule has 0 spiro atoms. The summed E-state index contributed by atoms with van der Waals surface area (Å²) in [5.74, 6) is 0. The molecule has 0 aliphatic heterocycles. The molecule has 0 aliphatic carbocycles. The fourth-order valence-electron chi connectivity index (χ4n) is 2.13. The normalized spacial score (nSPS) is 12.4. The molecule has 0 fully saturated rings. The van der Waals surface area contributed by atoms with Crippen LogP contribution in [0.3, 0.4) is 0 Å². The van der Waals surface area contributed by atoms with Crippen molar-refractivity contribution in [1.82, 2.24) is 0 Å². The van der Waals surface area contributed by atoms with E-state index < -0.39 is 0 Å². The molecule has 0 bridgehead atoms. The molecular formula is C16H21BrN2S. The second kappa shape index (κ2) is 7.25. The minimum atomic E-state index is 0.265. The average Bonchev–Trinajstić information content (AvgIpc) is 2.84. The van der Waals surface area contributed by atoms with Gasteiger partial charge < -0.3 is 10.6 Å². The zero-order valence-electron chi connectivity index (χ0n) is 12.0. The van der Waals surface area contributed by atoms with Crippen LogP contribution in [0.1, 0.15) is 24.5 Å². The van der Waals surface area contributed by atoms with Crippen molar-refractivity contribution in [2.45, 2.75) is 32.4 Å². The van der Waals surface area contributed by atoms with Crippen LogP contribution in [0.2, 0.25) is 0 Å². The van der Waals surface area contributed by atoms with Crippen molar-refractivity contribution in [1.29, 1.82) is 0 Å². The third kappa shape index (κ3) is 4.33. The third-order valence-electron chi connectivity index (χ3n) is 3.44. The van der Waals surface area contributed by atoms with E-state index in [1.165, 1.54) is 20.6 Å². The van der Waals surface area contributed by atoms with E-state index in [-0.39, 0.29) is 6.04 Å². The Morgan fingerprint density at radius 3 is 2.50 bits per heavy atom. The van der Waals surface area contributed by atoms with Crippen LogP contribution in [0, 0.1) is 0 Å². The van der Waals surface area contributed by atoms with E-state index in [1.54, 1.807) is 11.3 Å². The largest absolute Gasteiger partial charge is 0.370 e. The van der Waals surface area contributed by atoms with Crippen molar-refractivity contribution in [3.63, 3.8) is 0 Å². The molecule has 0 aliphatic rings. The van der Waals surface area contributed by atoms with E-state index in [0.717, 1.165) is 19.4 Å². The van der Waals surface area contributed by atoms with Gasteiger partial charge in [-0.15, -0.1) is 11.3 Å². The minimum Gasteiger partial charge on any atom is -0.370 e. The van der Waals surface area contributed by atoms with Crippen LogP contribution in [0.25, 0.3) is 0 Å². The van der Waals surface area contributed by atoms with Crippen LogP contribution in [-0.2, 0) is 13.0 Å². The smallest absolute Gasteiger partial charge is 0.0701 e. The average molecular weight is 353 g/mol. The van der Waals surface area contributed by atoms with Crippen molar-refractivity contribution in [3.05, 3.63) is 50.6 Å². The number of rotatable bonds is 6. The molecular weight excluding hydrogens is 332 g/mol. The Hall–Kier alpha value is -0.840. The Bertz CT molecular complexity index is 536. The summed E-state index contributed by atoms with van der Waals surface area (Å²) in [4.78, 5) is 2.26. The highest BCUT2D eigenvalue weighted by Gasteiger charge is 2.05. The molecule has 0 radical (unpaired) electrons. The summed E-state index contributed by atoms with van der Waals surface area (Å²) in [6.45, 7) is 3.06. The highest BCUT2D eigenvalue weighted by molar-refractivity contribution is 9.11. The van der Waals surface area contributed by atoms with Crippen LogP contribution in [0.4, 0.5) is 5.69 Å². The standard InChI is InChI=1S/C16H21BrN2S/c1-3-14(18)8-12-4-6-15(7-5-12)19(2)10-13-9-16(17)20-11-13/h4-7,9,11,14H,3,8,10,18H2,1-2H3. The lowest BCUT2D eigenvalue weighted by Gasteiger charge is -2.19. The summed E-state index contributed by atoms with van der Waals surface area (Å²) in [5, 5.41) is 2.19. The zero-order valence-corrected chi connectivity index (χ0v) is 14.4. The maximum absolute atomic E-state index is 5.99. The molecule has 0 saturated heterocycles. The lowest BCUT2D eigenvalue weighted by Crippen LogP contribution is -2.21. The highest BCUT2D eigenvalue weighted by atomic mass is 79.9. The minimum absolute atomic E-state index is 0.265. The summed E-state index contributed by atoms with van der Waals surface area (Å²) >= 11 is 5.24. The Morgan fingerprint density at radius 2 is 1.95 bits per heavy atom. The van der Waals surface area contributed by atoms with Gasteiger partial charge in [0.2, 0.25) is 0 Å². The summed E-state index contributed by atoms with van der Waals surface area (Å²) in [7, 11) is 2.12. The lowest BCUT2D eigenvalue weighted by atomic mass is 10.0. The van der Waals surface area contributed by atoms with E-state index in [9.17, 15) is 0 Å². The van der Waals surface area contributed by atoms with E-state index in [1.807, 2.05) is 0 Å². The van der Waals surface area contributed by atoms with Gasteiger partial charge in [0, 0.05) is 25.3 Å². The zero-order chi connectivity index (χ0) is 14.5. The SMILES string of the molecule is CCC(N)Cc1ccc(N(C)Cc2csc(Br)c2)cc1. The molecule has 0 saturated carbocycles. The molecule has 2 N–H and O–H groups in total. The molecule has 108 valence electrons. The second-order valence-corrected chi connectivity index (χ2v) is 7.44. The lowest BCUT2D eigenvalue weighted by molar-refractivity contribution is 0.646. The first-order valence-electron chi connectivity index (χ1n) is 6.87. The predicted molar refractivity (Wildman–Crippen MR) is 92.5 cm³/mol. The highest BCUT2D eigenvalue weighted by Crippen LogP contribution is 2.23. The summed E-state index contributed by atoms with van der Waals surface area (Å²) in [5.41, 5.74) is 9.88. The van der Waals surface area contributed by atoms with Gasteiger partial charge in [-0.2, -0.15) is 0 Å². The summed E-state index contributed by atoms with van der Waals surface area (Å²) < 4.78 is 1.19. The molecule has 20 heavy (non-hydrogen) atoms. The number of anilines is 1. The summed E-state index contributed by atoms with van der Waals surface area (Å²) in [6, 6.07) is 11.2. The van der Waals surface area contributed by atoms with Crippen LogP contribution in [0.5, 0.6) is 0 Å². The van der Waals surface area contributed by atoms with E-state index >= 15 is 0 Å². The van der Waals surface area contributed by atoms with Crippen molar-refractivity contribution in [2.24, 2.45) is 5.73 Å². The molecule has 1 aromatic carbocycles. The number of halogens is 1. The fraction of sp³-hybridized carbons (Fsp3) is 0.375. The Morgan fingerprint density at radius 1 is 1.25 bits per heavy atom. The molecule has 2 nitrogen and oxygen atoms in total. The first kappa shape index (κ1) is 15.5. The number of benzene rings is 1. The molecule has 1 aromatic heterocycles. The molecule has 1 unspecified atom stereocenters. The van der Waals surface area contributed by atoms with Crippen LogP contribution >= 0.6 is 27.3 Å². The number of nitrogens with zero attached hydrogens (tertiary/aromatic N) is 1. The maximum atomic E-state index is 5.99. The van der Waals surface area contributed by atoms with E-state index in [0.29, 0.717) is 0 Å². The van der Waals surface area contributed by atoms with Gasteiger partial charge in [-0.25, -0.2) is 0 Å². The summed E-state index contributed by atoms with van der Waals surface area (Å²) in [6.07, 6.45) is 1.98. The van der Waals surface area contributed by atoms with Gasteiger partial charge in [-0.05, 0) is 63.5 Å². The van der Waals surface area contributed by atoms with Gasteiger partial charge in [-0.3, -0.25) is 0 Å². The van der Waals surface area contributed by atoms with Gasteiger partial charge >= 0.3 is 0 Å². The number of hydrogen-bond donors (Lipinski definition) is 1. The Balaban J connectivity index is 1.98. The van der Waals surface area contributed by atoms with Crippen molar-refractivity contribution in [3.8, 4) is 0 Å². The number of nitrogens with two attached hydrogens (primary N) is 1. The molecule has 1 heterocycles. The molecule has 0 amide bonds. The third-order valence-corrected chi connectivity index (χ3v) is 4.99. The molecule has 4 heteroatoms. The second-order valence-electron chi connectivity index (χ2n) is 5.15. The van der Waals surface area contributed by atoms with Crippen LogP contribution < -0.4 is 10.6 Å². The molecule has 2 rings (SSSR count). The Kier molecular flexibility index (Phi) is 5.64. The Labute approximate surface area is 133 Å². The molecule has 2 aromatic rings. The fourth-order valence-corrected chi connectivity index (χ4v) is 3.33. The predicted octanol–water partition coefficient (Wildman–Crippen LogP) is 4.43. The van der Waals surface area contributed by atoms with E-state index in [2.05, 4.69) is 70.5 Å². The van der Waals surface area contributed by atoms with Crippen molar-refractivity contribution < 1.29 is 0 Å². The van der Waals surface area contributed by atoms with Crippen molar-refractivity contribution >= 4 is 33.0 Å². The number of thiophene rings is 1. The van der Waals surface area contributed by atoms with Crippen LogP contribution in [0.15, 0.2) is 39.5 Å². The van der Waals surface area contributed by atoms with Crippen molar-refractivity contribution in [2.75, 3.05) is 11.9 Å². The van der Waals surface area contributed by atoms with Gasteiger partial charge in [-0.1, -0.05) is 19.1 Å². The van der Waals surface area contributed by atoms with Gasteiger partial charge in [0.25, 0.3) is 0 Å². The maximum Gasteiger partial charge on any atom is 0.0701 e. The first-order chi connectivity index (χ1) is 9.58. The first-order valence-corrected chi connectivity index (χ1v) is 8.54. The number of hydrogen-bond acceptors (Lipinski definition) is 3. The molecule has 1 atom stereocenters. The van der Waals surface area contributed by atoms with Gasteiger partial charge in [0.05, 0.1) is 3.79 Å². The quantitative estimate of drug-likeness (QED) is 0.833.